The molecule has 0 amide bonds. The first-order chi connectivity index (χ1) is 15.5. The minimum Gasteiger partial charge on any atom is -0.462 e. The molecule has 1 aliphatic rings. The summed E-state index contributed by atoms with van der Waals surface area (Å²) in [7, 11) is -3.81. The van der Waals surface area contributed by atoms with Crippen LogP contribution in [-0.2, 0) is 10.0 Å². The zero-order valence-electron chi connectivity index (χ0n) is 17.9. The van der Waals surface area contributed by atoms with Crippen LogP contribution in [0.1, 0.15) is 37.7 Å². The average molecular weight is 455 g/mol. The second kappa shape index (κ2) is 9.39. The number of allylic oxidation sites excluding steroid dienone is 1. The van der Waals surface area contributed by atoms with Crippen molar-refractivity contribution in [3.63, 3.8) is 0 Å². The van der Waals surface area contributed by atoms with Crippen LogP contribution in [0.5, 0.6) is 5.75 Å². The Morgan fingerprint density at radius 2 is 1.84 bits per heavy atom. The number of nitrogens with one attached hydrogen (secondary N) is 2. The maximum Gasteiger partial charge on any atom is 0.264 e. The standard InChI is InChI=1S/C22H26N6O3S/c1-3-21(17-6-8-18(9-7-17)28-14-4-5-15-28)16(2)31-19-10-12-20(13-11-19)32(29,30)25-22-23-26-27-24-22/h6-13,21H,2-5,14-15H2,1H3,(H2,23,24,25,26,27). The van der Waals surface area contributed by atoms with Gasteiger partial charge in [-0.25, -0.2) is 18.2 Å². The summed E-state index contributed by atoms with van der Waals surface area (Å²) in [5.74, 6) is 1.11. The maximum atomic E-state index is 12.4. The molecule has 0 radical (unpaired) electrons. The number of hydrogen-bond acceptors (Lipinski definition) is 7. The molecule has 0 bridgehead atoms. The first-order valence-corrected chi connectivity index (χ1v) is 12.0. The Morgan fingerprint density at radius 1 is 1.16 bits per heavy atom. The van der Waals surface area contributed by atoms with Crippen molar-refractivity contribution in [3.8, 4) is 5.75 Å². The minimum atomic E-state index is -3.81. The number of tetrazole rings is 1. The molecule has 1 aromatic heterocycles. The zero-order chi connectivity index (χ0) is 22.6. The number of hydrogen-bond donors (Lipinski definition) is 2. The van der Waals surface area contributed by atoms with Crippen LogP contribution in [-0.4, -0.2) is 42.1 Å². The largest absolute Gasteiger partial charge is 0.462 e. The second-order valence-electron chi connectivity index (χ2n) is 7.64. The Bertz CT molecular complexity index is 1140. The summed E-state index contributed by atoms with van der Waals surface area (Å²) in [4.78, 5) is 2.47. The van der Waals surface area contributed by atoms with Gasteiger partial charge in [0.15, 0.2) is 0 Å². The van der Waals surface area contributed by atoms with E-state index in [0.717, 1.165) is 25.1 Å². The van der Waals surface area contributed by atoms with Crippen molar-refractivity contribution < 1.29 is 13.2 Å². The van der Waals surface area contributed by atoms with Crippen LogP contribution in [0.15, 0.2) is 65.8 Å². The third-order valence-corrected chi connectivity index (χ3v) is 6.88. The molecule has 1 saturated heterocycles. The number of ether oxygens (including phenoxy) is 1. The van der Waals surface area contributed by atoms with E-state index in [2.05, 4.69) is 68.0 Å². The maximum absolute atomic E-state index is 12.4. The molecule has 0 spiro atoms. The van der Waals surface area contributed by atoms with E-state index in [1.54, 1.807) is 12.1 Å². The monoisotopic (exact) mass is 454 g/mol. The van der Waals surface area contributed by atoms with Gasteiger partial charge in [0.25, 0.3) is 16.0 Å². The highest BCUT2D eigenvalue weighted by Gasteiger charge is 2.19. The van der Waals surface area contributed by atoms with E-state index in [9.17, 15) is 8.42 Å². The van der Waals surface area contributed by atoms with Gasteiger partial charge in [0, 0.05) is 24.7 Å². The van der Waals surface area contributed by atoms with Gasteiger partial charge in [-0.1, -0.05) is 30.7 Å². The van der Waals surface area contributed by atoms with Crippen LogP contribution in [0.4, 0.5) is 11.6 Å². The van der Waals surface area contributed by atoms with Crippen molar-refractivity contribution in [1.82, 2.24) is 20.6 Å². The number of benzene rings is 2. The molecule has 1 unspecified atom stereocenters. The Kier molecular flexibility index (Phi) is 6.40. The Hall–Kier alpha value is -3.40. The third-order valence-electron chi connectivity index (χ3n) is 5.52. The van der Waals surface area contributed by atoms with E-state index in [0.29, 0.717) is 11.5 Å². The van der Waals surface area contributed by atoms with Gasteiger partial charge in [0.2, 0.25) is 0 Å². The topological polar surface area (TPSA) is 113 Å². The van der Waals surface area contributed by atoms with Gasteiger partial charge in [-0.15, -0.1) is 0 Å². The number of aromatic nitrogens is 4. The number of H-pyrrole nitrogens is 1. The van der Waals surface area contributed by atoms with Crippen LogP contribution in [0, 0.1) is 0 Å². The lowest BCUT2D eigenvalue weighted by Gasteiger charge is -2.21. The molecule has 32 heavy (non-hydrogen) atoms. The SMILES string of the molecule is C=C(Oc1ccc(S(=O)(=O)Nc2nnn[nH]2)cc1)C(CC)c1ccc(N2CCCC2)cc1. The lowest BCUT2D eigenvalue weighted by atomic mass is 9.94. The first kappa shape index (κ1) is 21.8. The normalized spacial score (nSPS) is 14.8. The number of aromatic amines is 1. The molecule has 1 atom stereocenters. The second-order valence-corrected chi connectivity index (χ2v) is 9.32. The van der Waals surface area contributed by atoms with Crippen LogP contribution in [0.3, 0.4) is 0 Å². The van der Waals surface area contributed by atoms with E-state index >= 15 is 0 Å². The molecule has 1 fully saturated rings. The lowest BCUT2D eigenvalue weighted by Crippen LogP contribution is -2.17. The summed E-state index contributed by atoms with van der Waals surface area (Å²) in [6, 6.07) is 14.7. The van der Waals surface area contributed by atoms with Gasteiger partial charge in [-0.05, 0) is 71.7 Å². The summed E-state index contributed by atoms with van der Waals surface area (Å²) in [6.45, 7) is 8.45. The van der Waals surface area contributed by atoms with Crippen molar-refractivity contribution in [3.05, 3.63) is 66.4 Å². The van der Waals surface area contributed by atoms with E-state index in [1.807, 2.05) is 0 Å². The molecule has 1 aliphatic heterocycles. The summed E-state index contributed by atoms with van der Waals surface area (Å²) >= 11 is 0. The highest BCUT2D eigenvalue weighted by atomic mass is 32.2. The summed E-state index contributed by atoms with van der Waals surface area (Å²) < 4.78 is 33.0. The Labute approximate surface area is 187 Å². The van der Waals surface area contributed by atoms with Crippen LogP contribution in [0.2, 0.25) is 0 Å². The number of anilines is 2. The van der Waals surface area contributed by atoms with Crippen molar-refractivity contribution in [2.24, 2.45) is 0 Å². The van der Waals surface area contributed by atoms with E-state index in [1.165, 1.54) is 30.7 Å². The molecule has 10 heteroatoms. The smallest absolute Gasteiger partial charge is 0.264 e. The van der Waals surface area contributed by atoms with Crippen LogP contribution < -0.4 is 14.4 Å². The number of sulfonamides is 1. The fourth-order valence-electron chi connectivity index (χ4n) is 3.84. The highest BCUT2D eigenvalue weighted by Crippen LogP contribution is 2.31. The van der Waals surface area contributed by atoms with E-state index < -0.39 is 10.0 Å². The summed E-state index contributed by atoms with van der Waals surface area (Å²) in [5, 5.41) is 12.6. The fourth-order valence-corrected chi connectivity index (χ4v) is 4.79. The highest BCUT2D eigenvalue weighted by molar-refractivity contribution is 7.92. The van der Waals surface area contributed by atoms with E-state index in [-0.39, 0.29) is 16.8 Å². The van der Waals surface area contributed by atoms with Gasteiger partial charge >= 0.3 is 0 Å². The van der Waals surface area contributed by atoms with Crippen molar-refractivity contribution in [2.75, 3.05) is 22.7 Å². The molecule has 168 valence electrons. The zero-order valence-corrected chi connectivity index (χ0v) is 18.7. The number of rotatable bonds is 9. The number of nitrogens with zero attached hydrogens (tertiary/aromatic N) is 4. The molecule has 3 aromatic rings. The molecular formula is C22H26N6O3S. The summed E-state index contributed by atoms with van der Waals surface area (Å²) in [5.41, 5.74) is 2.39. The Balaban J connectivity index is 1.42. The molecule has 4 rings (SSSR count). The van der Waals surface area contributed by atoms with Gasteiger partial charge in [0.05, 0.1) is 4.90 Å². The molecular weight excluding hydrogens is 428 g/mol. The van der Waals surface area contributed by atoms with Crippen LogP contribution >= 0.6 is 0 Å². The van der Waals surface area contributed by atoms with Crippen molar-refractivity contribution >= 4 is 21.7 Å². The van der Waals surface area contributed by atoms with Gasteiger partial charge in [0.1, 0.15) is 11.5 Å². The molecule has 2 aromatic carbocycles. The molecule has 9 nitrogen and oxygen atoms in total. The Morgan fingerprint density at radius 3 is 2.44 bits per heavy atom. The fraction of sp³-hybridized carbons (Fsp3) is 0.318. The average Bonchev–Trinajstić information content (AvgIpc) is 3.49. The predicted molar refractivity (Wildman–Crippen MR) is 122 cm³/mol. The molecule has 2 N–H and O–H groups in total. The van der Waals surface area contributed by atoms with Crippen molar-refractivity contribution in [2.45, 2.75) is 37.0 Å². The predicted octanol–water partition coefficient (Wildman–Crippen LogP) is 3.69. The third kappa shape index (κ3) is 4.91. The molecule has 0 saturated carbocycles. The first-order valence-electron chi connectivity index (χ1n) is 10.5. The van der Waals surface area contributed by atoms with E-state index in [4.69, 9.17) is 4.74 Å². The van der Waals surface area contributed by atoms with Crippen LogP contribution in [0.25, 0.3) is 0 Å². The quantitative estimate of drug-likeness (QED) is 0.474. The molecule has 0 aliphatic carbocycles. The lowest BCUT2D eigenvalue weighted by molar-refractivity contribution is 0.382. The van der Waals surface area contributed by atoms with Crippen molar-refractivity contribution in [1.29, 1.82) is 0 Å². The summed E-state index contributed by atoms with van der Waals surface area (Å²) in [6.07, 6.45) is 3.33. The molecule has 2 heterocycles. The van der Waals surface area contributed by atoms with Gasteiger partial charge < -0.3 is 9.64 Å². The van der Waals surface area contributed by atoms with Gasteiger partial charge in [-0.3, -0.25) is 0 Å². The minimum absolute atomic E-state index is 0.0339. The van der Waals surface area contributed by atoms with Gasteiger partial charge in [-0.2, -0.15) is 0 Å².